The van der Waals surface area contributed by atoms with Crippen molar-refractivity contribution in [2.24, 2.45) is 0 Å². The molecule has 2 amide bonds. The highest BCUT2D eigenvalue weighted by Gasteiger charge is 2.25. The molecule has 0 aliphatic carbocycles. The fraction of sp³-hybridized carbons (Fsp3) is 0.364. The molecule has 1 N–H and O–H groups in total. The fourth-order valence-corrected chi connectivity index (χ4v) is 3.66. The second kappa shape index (κ2) is 11.4. The summed E-state index contributed by atoms with van der Waals surface area (Å²) in [4.78, 5) is 26.9. The zero-order valence-corrected chi connectivity index (χ0v) is 17.5. The third kappa shape index (κ3) is 6.60. The smallest absolute Gasteiger partial charge is 0.242 e. The molecule has 0 saturated heterocycles. The molecule has 28 heavy (non-hydrogen) atoms. The van der Waals surface area contributed by atoms with Gasteiger partial charge in [-0.3, -0.25) is 9.59 Å². The van der Waals surface area contributed by atoms with Crippen molar-refractivity contribution in [2.75, 3.05) is 19.4 Å². The van der Waals surface area contributed by atoms with Crippen LogP contribution in [-0.2, 0) is 21.9 Å². The van der Waals surface area contributed by atoms with Crippen molar-refractivity contribution in [3.05, 3.63) is 65.7 Å². The van der Waals surface area contributed by atoms with Crippen LogP contribution in [0.4, 0.5) is 0 Å². The fourth-order valence-electron chi connectivity index (χ4n) is 2.79. The van der Waals surface area contributed by atoms with Crippen LogP contribution in [0, 0.1) is 0 Å². The summed E-state index contributed by atoms with van der Waals surface area (Å²) < 4.78 is 5.27. The van der Waals surface area contributed by atoms with Gasteiger partial charge in [-0.05, 0) is 37.1 Å². The molecule has 1 unspecified atom stereocenters. The molecule has 0 bridgehead atoms. The molecule has 0 spiro atoms. The van der Waals surface area contributed by atoms with Crippen molar-refractivity contribution in [2.45, 2.75) is 32.2 Å². The van der Waals surface area contributed by atoms with E-state index >= 15 is 0 Å². The van der Waals surface area contributed by atoms with Crippen LogP contribution in [0.15, 0.2) is 54.6 Å². The minimum absolute atomic E-state index is 0.0532. The lowest BCUT2D eigenvalue weighted by Gasteiger charge is -2.28. The SMILES string of the molecule is CCNC(=O)C(C)N(Cc1cccc(OC)c1)C(=O)CSCc1ccccc1. The minimum atomic E-state index is -0.545. The third-order valence-electron chi connectivity index (χ3n) is 4.34. The van der Waals surface area contributed by atoms with Crippen LogP contribution in [0.25, 0.3) is 0 Å². The molecule has 2 aromatic carbocycles. The van der Waals surface area contributed by atoms with Gasteiger partial charge in [-0.2, -0.15) is 0 Å². The van der Waals surface area contributed by atoms with Crippen LogP contribution in [0.1, 0.15) is 25.0 Å². The first-order valence-electron chi connectivity index (χ1n) is 9.37. The van der Waals surface area contributed by atoms with Crippen LogP contribution < -0.4 is 10.1 Å². The Balaban J connectivity index is 2.07. The number of carbonyl (C=O) groups is 2. The summed E-state index contributed by atoms with van der Waals surface area (Å²) in [6.45, 7) is 4.53. The van der Waals surface area contributed by atoms with Crippen LogP contribution in [0.3, 0.4) is 0 Å². The molecule has 0 aromatic heterocycles. The molecule has 2 rings (SSSR count). The van der Waals surface area contributed by atoms with E-state index in [0.29, 0.717) is 18.8 Å². The Labute approximate surface area is 171 Å². The first-order chi connectivity index (χ1) is 13.5. The number of amides is 2. The lowest BCUT2D eigenvalue weighted by atomic mass is 10.1. The number of thioether (sulfide) groups is 1. The van der Waals surface area contributed by atoms with Gasteiger partial charge in [0.2, 0.25) is 11.8 Å². The summed E-state index contributed by atoms with van der Waals surface area (Å²) in [5.41, 5.74) is 2.10. The molecule has 0 aliphatic rings. The Morgan fingerprint density at radius 2 is 1.82 bits per heavy atom. The molecule has 0 saturated carbocycles. The zero-order chi connectivity index (χ0) is 20.4. The van der Waals surface area contributed by atoms with E-state index in [-0.39, 0.29) is 11.8 Å². The Morgan fingerprint density at radius 3 is 2.50 bits per heavy atom. The van der Waals surface area contributed by atoms with E-state index in [2.05, 4.69) is 5.32 Å². The number of likely N-dealkylation sites (N-methyl/N-ethyl adjacent to an activating group) is 1. The van der Waals surface area contributed by atoms with E-state index in [4.69, 9.17) is 4.74 Å². The number of methoxy groups -OCH3 is 1. The van der Waals surface area contributed by atoms with Crippen LogP contribution in [0.2, 0.25) is 0 Å². The molecule has 0 aliphatic heterocycles. The van der Waals surface area contributed by atoms with Crippen molar-refractivity contribution in [3.63, 3.8) is 0 Å². The number of nitrogens with one attached hydrogen (secondary N) is 1. The van der Waals surface area contributed by atoms with E-state index < -0.39 is 6.04 Å². The average Bonchev–Trinajstić information content (AvgIpc) is 2.72. The van der Waals surface area contributed by atoms with Gasteiger partial charge in [0.25, 0.3) is 0 Å². The Hall–Kier alpha value is -2.47. The first-order valence-corrected chi connectivity index (χ1v) is 10.5. The highest BCUT2D eigenvalue weighted by Crippen LogP contribution is 2.18. The van der Waals surface area contributed by atoms with Crippen molar-refractivity contribution in [3.8, 4) is 5.75 Å². The normalized spacial score (nSPS) is 11.5. The standard InChI is InChI=1S/C22H28N2O3S/c1-4-23-22(26)17(2)24(14-19-11-8-12-20(13-19)27-3)21(25)16-28-15-18-9-6-5-7-10-18/h5-13,17H,4,14-16H2,1-3H3,(H,23,26). The topological polar surface area (TPSA) is 58.6 Å². The number of hydrogen-bond donors (Lipinski definition) is 1. The van der Waals surface area contributed by atoms with Crippen molar-refractivity contribution >= 4 is 23.6 Å². The third-order valence-corrected chi connectivity index (χ3v) is 5.33. The molecular formula is C22H28N2O3S. The molecule has 1 atom stereocenters. The van der Waals surface area contributed by atoms with E-state index in [9.17, 15) is 9.59 Å². The predicted molar refractivity (Wildman–Crippen MR) is 114 cm³/mol. The van der Waals surface area contributed by atoms with Crippen molar-refractivity contribution in [1.82, 2.24) is 10.2 Å². The predicted octanol–water partition coefficient (Wildman–Crippen LogP) is 3.48. The number of hydrogen-bond acceptors (Lipinski definition) is 4. The summed E-state index contributed by atoms with van der Waals surface area (Å²) in [5.74, 6) is 1.61. The second-order valence-corrected chi connectivity index (χ2v) is 7.41. The molecule has 6 heteroatoms. The number of ether oxygens (including phenoxy) is 1. The Bertz CT molecular complexity index is 767. The average molecular weight is 401 g/mol. The highest BCUT2D eigenvalue weighted by atomic mass is 32.2. The molecule has 0 radical (unpaired) electrons. The monoisotopic (exact) mass is 400 g/mol. The molecule has 150 valence electrons. The maximum absolute atomic E-state index is 12.9. The maximum atomic E-state index is 12.9. The highest BCUT2D eigenvalue weighted by molar-refractivity contribution is 7.99. The summed E-state index contributed by atoms with van der Waals surface area (Å²) in [6.07, 6.45) is 0. The van der Waals surface area contributed by atoms with Gasteiger partial charge >= 0.3 is 0 Å². The van der Waals surface area contributed by atoms with Gasteiger partial charge in [0, 0.05) is 18.8 Å². The summed E-state index contributed by atoms with van der Waals surface area (Å²) >= 11 is 1.56. The van der Waals surface area contributed by atoms with Gasteiger partial charge in [0.05, 0.1) is 12.9 Å². The zero-order valence-electron chi connectivity index (χ0n) is 16.7. The Kier molecular flexibility index (Phi) is 8.88. The number of carbonyl (C=O) groups excluding carboxylic acids is 2. The quantitative estimate of drug-likeness (QED) is 0.663. The molecule has 5 nitrogen and oxygen atoms in total. The minimum Gasteiger partial charge on any atom is -0.497 e. The van der Waals surface area contributed by atoms with Crippen LogP contribution in [-0.4, -0.2) is 42.2 Å². The summed E-state index contributed by atoms with van der Waals surface area (Å²) in [7, 11) is 1.61. The van der Waals surface area contributed by atoms with Gasteiger partial charge in [-0.1, -0.05) is 42.5 Å². The lowest BCUT2D eigenvalue weighted by molar-refractivity contribution is -0.138. The van der Waals surface area contributed by atoms with E-state index in [0.717, 1.165) is 17.1 Å². The summed E-state index contributed by atoms with van der Waals surface area (Å²) in [5, 5.41) is 2.81. The second-order valence-electron chi connectivity index (χ2n) is 6.42. The maximum Gasteiger partial charge on any atom is 0.242 e. The summed E-state index contributed by atoms with van der Waals surface area (Å²) in [6, 6.07) is 17.1. The van der Waals surface area contributed by atoms with E-state index in [1.165, 1.54) is 5.56 Å². The number of rotatable bonds is 10. The van der Waals surface area contributed by atoms with E-state index in [1.807, 2.05) is 61.5 Å². The van der Waals surface area contributed by atoms with Crippen molar-refractivity contribution in [1.29, 1.82) is 0 Å². The number of benzene rings is 2. The van der Waals surface area contributed by atoms with Crippen molar-refractivity contribution < 1.29 is 14.3 Å². The van der Waals surface area contributed by atoms with E-state index in [1.54, 1.807) is 30.7 Å². The van der Waals surface area contributed by atoms with Gasteiger partial charge in [-0.15, -0.1) is 11.8 Å². The first kappa shape index (κ1) is 21.8. The largest absolute Gasteiger partial charge is 0.497 e. The molecule has 0 fully saturated rings. The van der Waals surface area contributed by atoms with Crippen LogP contribution >= 0.6 is 11.8 Å². The van der Waals surface area contributed by atoms with Gasteiger partial charge in [-0.25, -0.2) is 0 Å². The van der Waals surface area contributed by atoms with Crippen LogP contribution in [0.5, 0.6) is 5.75 Å². The molecule has 0 heterocycles. The Morgan fingerprint density at radius 1 is 1.11 bits per heavy atom. The lowest BCUT2D eigenvalue weighted by Crippen LogP contribution is -2.48. The molecule has 2 aromatic rings. The van der Waals surface area contributed by atoms with Gasteiger partial charge in [0.15, 0.2) is 0 Å². The van der Waals surface area contributed by atoms with Gasteiger partial charge < -0.3 is 15.0 Å². The number of nitrogens with zero attached hydrogens (tertiary/aromatic N) is 1. The van der Waals surface area contributed by atoms with Gasteiger partial charge in [0.1, 0.15) is 11.8 Å². The molecular weight excluding hydrogens is 372 g/mol.